The van der Waals surface area contributed by atoms with E-state index in [4.69, 9.17) is 28.4 Å². The second-order valence-electron chi connectivity index (χ2n) is 23.3. The Labute approximate surface area is 556 Å². The predicted octanol–water partition coefficient (Wildman–Crippen LogP) is 16.2. The van der Waals surface area contributed by atoms with Crippen molar-refractivity contribution >= 4 is 52.0 Å². The van der Waals surface area contributed by atoms with Crippen LogP contribution >= 0.6 is 0 Å². The van der Waals surface area contributed by atoms with Gasteiger partial charge in [-0.25, -0.2) is 14.4 Å². The summed E-state index contributed by atoms with van der Waals surface area (Å²) in [5, 5.41) is 28.2. The lowest BCUT2D eigenvalue weighted by molar-refractivity contribution is 0.0684. The number of hydrogen-bond donors (Lipinski definition) is 3. The van der Waals surface area contributed by atoms with E-state index in [1.54, 1.807) is 51.0 Å². The number of anilines is 6. The first-order valence-corrected chi connectivity index (χ1v) is 31.7. The number of benzene rings is 6. The summed E-state index contributed by atoms with van der Waals surface area (Å²) in [5.41, 5.74) is 13.2. The number of rotatable bonds is 22. The van der Waals surface area contributed by atoms with Gasteiger partial charge in [0.15, 0.2) is 0 Å². The van der Waals surface area contributed by atoms with E-state index < -0.39 is 17.9 Å². The van der Waals surface area contributed by atoms with Gasteiger partial charge in [-0.1, -0.05) is 25.6 Å². The molecule has 18 heteroatoms. The van der Waals surface area contributed by atoms with Crippen molar-refractivity contribution in [1.82, 2.24) is 15.0 Å². The van der Waals surface area contributed by atoms with Crippen LogP contribution in [0.25, 0.3) is 0 Å². The molecule has 12 rings (SSSR count). The Kier molecular flexibility index (Phi) is 23.7. The van der Waals surface area contributed by atoms with Crippen LogP contribution < -0.4 is 43.1 Å². The molecule has 9 aromatic rings. The number of methoxy groups -OCH3 is 2. The first-order valence-electron chi connectivity index (χ1n) is 31.7. The number of aromatic carboxylic acids is 3. The molecule has 0 aliphatic carbocycles. The Balaban J connectivity index is 0.000000167. The van der Waals surface area contributed by atoms with Crippen LogP contribution in [0, 0.1) is 0 Å². The molecule has 0 bridgehead atoms. The third-order valence-corrected chi connectivity index (χ3v) is 17.8. The van der Waals surface area contributed by atoms with Crippen LogP contribution in [0.5, 0.6) is 34.5 Å². The molecule has 3 N–H and O–H groups in total. The molecule has 3 aromatic heterocycles. The van der Waals surface area contributed by atoms with E-state index in [-0.39, 0.29) is 7.43 Å². The van der Waals surface area contributed by atoms with E-state index in [0.717, 1.165) is 124 Å². The molecule has 3 atom stereocenters. The fourth-order valence-electron chi connectivity index (χ4n) is 12.4. The number of carboxylic acids is 3. The highest BCUT2D eigenvalue weighted by molar-refractivity contribution is 5.90. The third-order valence-electron chi connectivity index (χ3n) is 17.8. The predicted molar refractivity (Wildman–Crippen MR) is 371 cm³/mol. The van der Waals surface area contributed by atoms with Crippen molar-refractivity contribution in [3.8, 4) is 34.5 Å². The van der Waals surface area contributed by atoms with Gasteiger partial charge in [0.05, 0.1) is 57.3 Å². The Bertz CT molecular complexity index is 3860. The van der Waals surface area contributed by atoms with E-state index in [1.807, 2.05) is 101 Å². The normalized spacial score (nSPS) is 14.8. The van der Waals surface area contributed by atoms with Gasteiger partial charge < -0.3 is 58.4 Å². The quantitative estimate of drug-likeness (QED) is 0.0575. The minimum Gasteiger partial charge on any atom is -0.497 e. The lowest BCUT2D eigenvalue weighted by atomic mass is 9.87. The van der Waals surface area contributed by atoms with Gasteiger partial charge in [-0.2, -0.15) is 0 Å². The largest absolute Gasteiger partial charge is 0.497 e. The van der Waals surface area contributed by atoms with E-state index in [9.17, 15) is 29.7 Å². The lowest BCUT2D eigenvalue weighted by Gasteiger charge is -2.28. The molecular weight excluding hydrogens is 1200 g/mol. The van der Waals surface area contributed by atoms with E-state index in [0.29, 0.717) is 80.1 Å². The summed E-state index contributed by atoms with van der Waals surface area (Å²) in [4.78, 5) is 53.1. The number of fused-ring (bicyclic) bond motifs is 3. The summed E-state index contributed by atoms with van der Waals surface area (Å²) in [7, 11) is 9.41. The number of nitrogens with zero attached hydrogens (tertiary/aromatic N) is 6. The standard InChI is InChI=1S/C26H28N2O4.2C25H26N2O4.CH4/c1-3-31-22-9-6-20(7-10-22)28(2)21-8-11-23-18(13-15-32-25(23)16-21)4-5-19-17-27-14-12-24(19)26(29)30;2*1-27(19-5-8-21(30-2)9-6-19)20-7-10-22-17(12-14-31-24(22)15-20)3-4-18-16-26-13-11-23(18)25(28)29;/h6-12,14,16-18H,3-5,13,15H2,1-2H3,(H,29,30);2*5-11,13,15-17H,3-4,12,14H2,1-2H3,(H,28,29);1H4/t18-;2*17-;/m111./s1. The summed E-state index contributed by atoms with van der Waals surface area (Å²) < 4.78 is 34.0. The summed E-state index contributed by atoms with van der Waals surface area (Å²) in [6.07, 6.45) is 16.9. The highest BCUT2D eigenvalue weighted by atomic mass is 16.5. The van der Waals surface area contributed by atoms with E-state index in [1.165, 1.54) is 35.3 Å². The van der Waals surface area contributed by atoms with Crippen LogP contribution in [-0.4, -0.2) is 110 Å². The molecule has 0 spiro atoms. The van der Waals surface area contributed by atoms with Crippen molar-refractivity contribution in [2.45, 2.75) is 89.9 Å². The van der Waals surface area contributed by atoms with Crippen LogP contribution in [0.4, 0.5) is 34.1 Å². The number of ether oxygens (including phenoxy) is 6. The smallest absolute Gasteiger partial charge is 0.336 e. The molecule has 0 saturated heterocycles. The highest BCUT2D eigenvalue weighted by Crippen LogP contribution is 2.43. The van der Waals surface area contributed by atoms with Crippen molar-refractivity contribution in [2.75, 3.05) is 76.5 Å². The van der Waals surface area contributed by atoms with Gasteiger partial charge in [-0.3, -0.25) is 15.0 Å². The molecule has 3 aliphatic heterocycles. The molecule has 0 fully saturated rings. The number of hydrogen-bond acceptors (Lipinski definition) is 15. The second kappa shape index (κ2) is 32.8. The average molecular weight is 1290 g/mol. The van der Waals surface area contributed by atoms with Crippen LogP contribution in [0.1, 0.15) is 135 Å². The topological polar surface area (TPSA) is 216 Å². The van der Waals surface area contributed by atoms with Crippen molar-refractivity contribution in [3.05, 3.63) is 233 Å². The van der Waals surface area contributed by atoms with Gasteiger partial charge in [-0.15, -0.1) is 0 Å². The molecular formula is C77H84N6O12. The summed E-state index contributed by atoms with van der Waals surface area (Å²) in [5.74, 6) is 3.48. The summed E-state index contributed by atoms with van der Waals surface area (Å²) in [6, 6.07) is 47.6. The molecule has 18 nitrogen and oxygen atoms in total. The molecule has 3 aliphatic rings. The third kappa shape index (κ3) is 17.2. The molecule has 0 saturated carbocycles. The Morgan fingerprint density at radius 2 is 0.716 bits per heavy atom. The molecule has 0 unspecified atom stereocenters. The number of aromatic nitrogens is 3. The molecule has 0 amide bonds. The highest BCUT2D eigenvalue weighted by Gasteiger charge is 2.27. The van der Waals surface area contributed by atoms with Gasteiger partial charge in [0.1, 0.15) is 34.5 Å². The van der Waals surface area contributed by atoms with Gasteiger partial charge >= 0.3 is 17.9 Å². The van der Waals surface area contributed by atoms with Gasteiger partial charge in [0.2, 0.25) is 0 Å². The average Bonchev–Trinajstić information content (AvgIpc) is 0.855. The zero-order valence-corrected chi connectivity index (χ0v) is 53.9. The van der Waals surface area contributed by atoms with Gasteiger partial charge in [0, 0.05) is 111 Å². The number of carboxylic acid groups (broad SMARTS) is 3. The van der Waals surface area contributed by atoms with Crippen molar-refractivity contribution in [2.24, 2.45) is 0 Å². The number of pyridine rings is 3. The molecule has 6 aromatic carbocycles. The maximum atomic E-state index is 11.5. The number of aryl methyl sites for hydroxylation is 3. The first-order chi connectivity index (χ1) is 45.7. The van der Waals surface area contributed by atoms with Crippen LogP contribution in [0.2, 0.25) is 0 Å². The lowest BCUT2D eigenvalue weighted by Crippen LogP contribution is -2.17. The summed E-state index contributed by atoms with van der Waals surface area (Å²) in [6.45, 7) is 4.60. The van der Waals surface area contributed by atoms with Gasteiger partial charge in [-0.05, 0) is 225 Å². The zero-order valence-electron chi connectivity index (χ0n) is 53.9. The van der Waals surface area contributed by atoms with E-state index >= 15 is 0 Å². The van der Waals surface area contributed by atoms with Crippen LogP contribution in [0.15, 0.2) is 183 Å². The minimum atomic E-state index is -0.906. The van der Waals surface area contributed by atoms with Gasteiger partial charge in [0.25, 0.3) is 0 Å². The summed E-state index contributed by atoms with van der Waals surface area (Å²) >= 11 is 0. The maximum absolute atomic E-state index is 11.5. The molecule has 494 valence electrons. The fraction of sp³-hybridized carbons (Fsp3) is 0.299. The van der Waals surface area contributed by atoms with Crippen molar-refractivity contribution < 1.29 is 58.1 Å². The molecule has 95 heavy (non-hydrogen) atoms. The molecule has 0 radical (unpaired) electrons. The van der Waals surface area contributed by atoms with E-state index in [2.05, 4.69) is 84.2 Å². The maximum Gasteiger partial charge on any atom is 0.336 e. The van der Waals surface area contributed by atoms with Crippen LogP contribution in [0.3, 0.4) is 0 Å². The molecule has 6 heterocycles. The Hall–Kier alpha value is -10.6. The SMILES string of the molecule is C.CCOc1ccc(N(C)c2ccc3c(c2)OCC[C@H]3CCc2cnccc2C(=O)O)cc1.COc1ccc(N(C)c2ccc3c(c2)OCC[C@H]3CCc2cnccc2C(=O)O)cc1.COc1ccc(N(C)c2ccc3c(c2)OCC[C@H]3CCc2cnccc2C(=O)O)cc1. The van der Waals surface area contributed by atoms with Crippen molar-refractivity contribution in [1.29, 1.82) is 0 Å². The second-order valence-corrected chi connectivity index (χ2v) is 23.3. The Morgan fingerprint density at radius 1 is 0.432 bits per heavy atom. The fourth-order valence-corrected chi connectivity index (χ4v) is 12.4. The van der Waals surface area contributed by atoms with Crippen molar-refractivity contribution in [3.63, 3.8) is 0 Å². The zero-order chi connectivity index (χ0) is 66.1. The Morgan fingerprint density at radius 3 is 0.989 bits per heavy atom. The minimum absolute atomic E-state index is 0. The number of carbonyl (C=O) groups is 3. The monoisotopic (exact) mass is 1280 g/mol. The first kappa shape index (κ1) is 68.7. The van der Waals surface area contributed by atoms with Crippen LogP contribution in [-0.2, 0) is 19.3 Å².